The van der Waals surface area contributed by atoms with Crippen molar-refractivity contribution in [2.24, 2.45) is 7.05 Å². The molecule has 4 nitrogen and oxygen atoms in total. The molecule has 20 heavy (non-hydrogen) atoms. The Morgan fingerprint density at radius 2 is 2.00 bits per heavy atom. The van der Waals surface area contributed by atoms with Gasteiger partial charge >= 0.3 is 5.97 Å². The largest absolute Gasteiger partial charge is 0.462 e. The number of carbonyl (C=O) groups is 1. The van der Waals surface area contributed by atoms with Gasteiger partial charge in [-0.25, -0.2) is 4.79 Å². The molecule has 2 rings (SSSR count). The fraction of sp³-hybridized carbons (Fsp3) is 0.375. The lowest BCUT2D eigenvalue weighted by atomic mass is 10.0. The predicted molar refractivity (Wildman–Crippen MR) is 79.3 cm³/mol. The normalized spacial score (nSPS) is 10.8. The van der Waals surface area contributed by atoms with E-state index in [-0.39, 0.29) is 17.6 Å². The molecule has 0 saturated carbocycles. The summed E-state index contributed by atoms with van der Waals surface area (Å²) in [4.78, 5) is 24.6. The van der Waals surface area contributed by atoms with E-state index in [1.54, 1.807) is 13.8 Å². The average molecular weight is 273 g/mol. The molecule has 0 saturated heterocycles. The SMILES string of the molecule is CCOC(=O)c1c(C)n(C)c2ccc(CC)cc2c1=O. The van der Waals surface area contributed by atoms with Crippen molar-refractivity contribution < 1.29 is 9.53 Å². The van der Waals surface area contributed by atoms with E-state index in [1.165, 1.54) is 0 Å². The molecule has 0 bridgehead atoms. The van der Waals surface area contributed by atoms with E-state index in [1.807, 2.05) is 36.7 Å². The van der Waals surface area contributed by atoms with Gasteiger partial charge in [-0.05, 0) is 38.0 Å². The van der Waals surface area contributed by atoms with E-state index < -0.39 is 5.97 Å². The van der Waals surface area contributed by atoms with Crippen LogP contribution in [0.3, 0.4) is 0 Å². The first-order chi connectivity index (χ1) is 9.51. The molecule has 1 aromatic carbocycles. The molecule has 1 heterocycles. The molecule has 0 aliphatic rings. The van der Waals surface area contributed by atoms with Crippen LogP contribution >= 0.6 is 0 Å². The Kier molecular flexibility index (Phi) is 3.93. The Bertz CT molecular complexity index is 729. The number of carbonyl (C=O) groups excluding carboxylic acids is 1. The number of hydrogen-bond donors (Lipinski definition) is 0. The minimum Gasteiger partial charge on any atom is -0.462 e. The van der Waals surface area contributed by atoms with Gasteiger partial charge in [0.05, 0.1) is 12.1 Å². The highest BCUT2D eigenvalue weighted by molar-refractivity contribution is 5.95. The van der Waals surface area contributed by atoms with Crippen molar-refractivity contribution in [2.75, 3.05) is 6.61 Å². The lowest BCUT2D eigenvalue weighted by Gasteiger charge is -2.14. The zero-order valence-corrected chi connectivity index (χ0v) is 12.3. The molecule has 0 spiro atoms. The Hall–Kier alpha value is -2.10. The number of aryl methyl sites for hydroxylation is 2. The molecule has 0 amide bonds. The number of rotatable bonds is 3. The summed E-state index contributed by atoms with van der Waals surface area (Å²) >= 11 is 0. The van der Waals surface area contributed by atoms with Crippen molar-refractivity contribution in [3.8, 4) is 0 Å². The van der Waals surface area contributed by atoms with Crippen LogP contribution in [0.4, 0.5) is 0 Å². The average Bonchev–Trinajstić information content (AvgIpc) is 2.45. The van der Waals surface area contributed by atoms with E-state index in [0.29, 0.717) is 11.1 Å². The van der Waals surface area contributed by atoms with Crippen molar-refractivity contribution in [1.82, 2.24) is 4.57 Å². The van der Waals surface area contributed by atoms with Gasteiger partial charge in [-0.1, -0.05) is 13.0 Å². The van der Waals surface area contributed by atoms with E-state index in [0.717, 1.165) is 17.5 Å². The van der Waals surface area contributed by atoms with Gasteiger partial charge in [-0.2, -0.15) is 0 Å². The van der Waals surface area contributed by atoms with Crippen molar-refractivity contribution in [3.05, 3.63) is 45.2 Å². The highest BCUT2D eigenvalue weighted by Gasteiger charge is 2.19. The summed E-state index contributed by atoms with van der Waals surface area (Å²) in [6, 6.07) is 5.79. The molecule has 4 heteroatoms. The smallest absolute Gasteiger partial charge is 0.343 e. The molecular weight excluding hydrogens is 254 g/mol. The van der Waals surface area contributed by atoms with Gasteiger partial charge < -0.3 is 9.30 Å². The monoisotopic (exact) mass is 273 g/mol. The number of nitrogens with zero attached hydrogens (tertiary/aromatic N) is 1. The highest BCUT2D eigenvalue weighted by atomic mass is 16.5. The van der Waals surface area contributed by atoms with Crippen LogP contribution in [0.1, 0.15) is 35.5 Å². The molecule has 2 aromatic rings. The standard InChI is InChI=1S/C16H19NO3/c1-5-11-7-8-13-12(9-11)15(18)14(10(3)17(13)4)16(19)20-6-2/h7-9H,5-6H2,1-4H3. The van der Waals surface area contributed by atoms with Gasteiger partial charge in [0.1, 0.15) is 5.56 Å². The minimum absolute atomic E-state index is 0.134. The summed E-state index contributed by atoms with van der Waals surface area (Å²) < 4.78 is 6.86. The van der Waals surface area contributed by atoms with Gasteiger partial charge in [0, 0.05) is 18.1 Å². The van der Waals surface area contributed by atoms with Crippen LogP contribution in [-0.4, -0.2) is 17.1 Å². The summed E-state index contributed by atoms with van der Waals surface area (Å²) in [7, 11) is 1.85. The Balaban J connectivity index is 2.83. The molecule has 0 unspecified atom stereocenters. The summed E-state index contributed by atoms with van der Waals surface area (Å²) in [5, 5.41) is 0.570. The number of pyridine rings is 1. The van der Waals surface area contributed by atoms with E-state index in [2.05, 4.69) is 0 Å². The topological polar surface area (TPSA) is 48.3 Å². The Labute approximate surface area is 118 Å². The summed E-state index contributed by atoms with van der Waals surface area (Å²) in [6.07, 6.45) is 0.849. The van der Waals surface area contributed by atoms with E-state index >= 15 is 0 Å². The first kappa shape index (κ1) is 14.3. The Morgan fingerprint density at radius 3 is 2.60 bits per heavy atom. The molecule has 0 fully saturated rings. The third kappa shape index (κ3) is 2.22. The molecule has 1 aromatic heterocycles. The Morgan fingerprint density at radius 1 is 1.30 bits per heavy atom. The lowest BCUT2D eigenvalue weighted by molar-refractivity contribution is 0.0523. The van der Waals surface area contributed by atoms with Crippen LogP contribution in [0, 0.1) is 6.92 Å². The van der Waals surface area contributed by atoms with Gasteiger partial charge in [-0.15, -0.1) is 0 Å². The second-order valence-electron chi connectivity index (χ2n) is 4.77. The first-order valence-corrected chi connectivity index (χ1v) is 6.80. The zero-order chi connectivity index (χ0) is 14.9. The maximum absolute atomic E-state index is 12.6. The highest BCUT2D eigenvalue weighted by Crippen LogP contribution is 2.17. The van der Waals surface area contributed by atoms with Gasteiger partial charge in [0.15, 0.2) is 0 Å². The van der Waals surface area contributed by atoms with Crippen molar-refractivity contribution in [2.45, 2.75) is 27.2 Å². The summed E-state index contributed by atoms with van der Waals surface area (Å²) in [5.74, 6) is -0.547. The fourth-order valence-electron chi connectivity index (χ4n) is 2.37. The number of benzene rings is 1. The second-order valence-corrected chi connectivity index (χ2v) is 4.77. The van der Waals surface area contributed by atoms with Crippen LogP contribution in [0.15, 0.2) is 23.0 Å². The van der Waals surface area contributed by atoms with E-state index in [4.69, 9.17) is 4.74 Å². The molecule has 0 aliphatic heterocycles. The maximum Gasteiger partial charge on any atom is 0.343 e. The van der Waals surface area contributed by atoms with Crippen molar-refractivity contribution in [1.29, 1.82) is 0 Å². The molecule has 0 atom stereocenters. The van der Waals surface area contributed by atoms with Gasteiger partial charge in [-0.3, -0.25) is 4.79 Å². The molecular formula is C16H19NO3. The van der Waals surface area contributed by atoms with Crippen molar-refractivity contribution >= 4 is 16.9 Å². The molecule has 0 N–H and O–H groups in total. The number of ether oxygens (including phenoxy) is 1. The van der Waals surface area contributed by atoms with Crippen LogP contribution in [-0.2, 0) is 18.2 Å². The van der Waals surface area contributed by atoms with Crippen LogP contribution in [0.2, 0.25) is 0 Å². The summed E-state index contributed by atoms with van der Waals surface area (Å²) in [6.45, 7) is 5.79. The van der Waals surface area contributed by atoms with Gasteiger partial charge in [0.2, 0.25) is 5.43 Å². The van der Waals surface area contributed by atoms with Gasteiger partial charge in [0.25, 0.3) is 0 Å². The predicted octanol–water partition coefficient (Wildman–Crippen LogP) is 2.59. The number of hydrogen-bond acceptors (Lipinski definition) is 3. The number of esters is 1. The zero-order valence-electron chi connectivity index (χ0n) is 12.3. The lowest BCUT2D eigenvalue weighted by Crippen LogP contribution is -2.23. The molecule has 0 aliphatic carbocycles. The molecule has 106 valence electrons. The quantitative estimate of drug-likeness (QED) is 0.808. The number of aromatic nitrogens is 1. The van der Waals surface area contributed by atoms with Crippen molar-refractivity contribution in [3.63, 3.8) is 0 Å². The minimum atomic E-state index is -0.547. The molecule has 0 radical (unpaired) electrons. The van der Waals surface area contributed by atoms with Crippen LogP contribution < -0.4 is 5.43 Å². The fourth-order valence-corrected chi connectivity index (χ4v) is 2.37. The first-order valence-electron chi connectivity index (χ1n) is 6.80. The van der Waals surface area contributed by atoms with Crippen LogP contribution in [0.5, 0.6) is 0 Å². The van der Waals surface area contributed by atoms with Crippen LogP contribution in [0.25, 0.3) is 10.9 Å². The third-order valence-electron chi connectivity index (χ3n) is 3.65. The third-order valence-corrected chi connectivity index (χ3v) is 3.65. The second kappa shape index (κ2) is 5.49. The summed E-state index contributed by atoms with van der Waals surface area (Å²) in [5.41, 5.74) is 2.43. The maximum atomic E-state index is 12.6. The number of fused-ring (bicyclic) bond motifs is 1. The van der Waals surface area contributed by atoms with E-state index in [9.17, 15) is 9.59 Å².